The summed E-state index contributed by atoms with van der Waals surface area (Å²) in [5, 5.41) is 4.74. The zero-order chi connectivity index (χ0) is 28.8. The Morgan fingerprint density at radius 3 is 2.32 bits per heavy atom. The number of ether oxygens (including phenoxy) is 1. The van der Waals surface area contributed by atoms with E-state index in [1.165, 1.54) is 0 Å². The minimum atomic E-state index is -0.243. The van der Waals surface area contributed by atoms with E-state index in [0.717, 1.165) is 36.6 Å². The smallest absolute Gasteiger partial charge is 0.260 e. The fourth-order valence-corrected chi connectivity index (χ4v) is 5.26. The average Bonchev–Trinajstić information content (AvgIpc) is 2.99. The first-order chi connectivity index (χ1) is 20.0. The highest BCUT2D eigenvalue weighted by Gasteiger charge is 2.18. The lowest BCUT2D eigenvalue weighted by Gasteiger charge is -2.18. The molecule has 5 rings (SSSR count). The Morgan fingerprint density at radius 1 is 0.927 bits per heavy atom. The molecule has 0 atom stereocenters. The number of anilines is 2. The Kier molecular flexibility index (Phi) is 9.19. The molecule has 9 heteroatoms. The van der Waals surface area contributed by atoms with Gasteiger partial charge in [-0.2, -0.15) is 4.98 Å². The van der Waals surface area contributed by atoms with Gasteiger partial charge in [-0.1, -0.05) is 73.4 Å². The van der Waals surface area contributed by atoms with Crippen LogP contribution < -0.4 is 15.6 Å². The molecular formula is C32H31Cl2N5O2. The lowest BCUT2D eigenvalue weighted by atomic mass is 10.1. The van der Waals surface area contributed by atoms with Crippen molar-refractivity contribution in [1.82, 2.24) is 19.4 Å². The second-order valence-corrected chi connectivity index (χ2v) is 10.3. The first-order valence-electron chi connectivity index (χ1n) is 13.6. The summed E-state index contributed by atoms with van der Waals surface area (Å²) < 4.78 is 7.53. The molecule has 0 spiro atoms. The van der Waals surface area contributed by atoms with Crippen LogP contribution in [0.2, 0.25) is 10.0 Å². The highest BCUT2D eigenvalue weighted by molar-refractivity contribution is 6.39. The summed E-state index contributed by atoms with van der Waals surface area (Å²) in [5.41, 5.74) is 2.91. The van der Waals surface area contributed by atoms with Gasteiger partial charge in [-0.3, -0.25) is 9.36 Å². The zero-order valence-electron chi connectivity index (χ0n) is 23.0. The van der Waals surface area contributed by atoms with E-state index in [1.807, 2.05) is 54.6 Å². The molecule has 0 fully saturated rings. The summed E-state index contributed by atoms with van der Waals surface area (Å²) in [7, 11) is 0. The summed E-state index contributed by atoms with van der Waals surface area (Å²) >= 11 is 13.0. The number of fused-ring (bicyclic) bond motifs is 1. The summed E-state index contributed by atoms with van der Waals surface area (Å²) in [4.78, 5) is 25.5. The third kappa shape index (κ3) is 6.70. The monoisotopic (exact) mass is 587 g/mol. The van der Waals surface area contributed by atoms with Crippen molar-refractivity contribution in [3.8, 4) is 16.9 Å². The van der Waals surface area contributed by atoms with Gasteiger partial charge in [0.25, 0.3) is 5.56 Å². The van der Waals surface area contributed by atoms with Crippen molar-refractivity contribution in [1.29, 1.82) is 0 Å². The molecule has 0 aliphatic heterocycles. The van der Waals surface area contributed by atoms with Gasteiger partial charge in [-0.25, -0.2) is 4.98 Å². The standard InChI is InChI=1S/C32H31Cl2N5O2/c1-3-38(4-2)17-18-41-25-15-13-24(14-16-25)36-32-35-20-23-19-26(29-27(33)11-8-12-28(29)34)31(40)39(30(23)37-32)21-22-9-6-5-7-10-22/h5-16,19-20H,3-4,17-18,21H2,1-2H3,(H,35,36,37). The molecule has 0 aliphatic carbocycles. The van der Waals surface area contributed by atoms with Crippen LogP contribution in [0.3, 0.4) is 0 Å². The van der Waals surface area contributed by atoms with Crippen LogP contribution >= 0.6 is 23.2 Å². The van der Waals surface area contributed by atoms with Gasteiger partial charge in [0.15, 0.2) is 0 Å². The van der Waals surface area contributed by atoms with Gasteiger partial charge in [0.2, 0.25) is 5.95 Å². The maximum atomic E-state index is 13.9. The van der Waals surface area contributed by atoms with Gasteiger partial charge in [0.05, 0.1) is 22.2 Å². The molecule has 5 aromatic rings. The number of halogens is 2. The number of nitrogens with one attached hydrogen (secondary N) is 1. The Morgan fingerprint density at radius 2 is 1.63 bits per heavy atom. The molecule has 210 valence electrons. The van der Waals surface area contributed by atoms with Crippen LogP contribution in [0.15, 0.2) is 89.9 Å². The maximum Gasteiger partial charge on any atom is 0.260 e. The van der Waals surface area contributed by atoms with Gasteiger partial charge in [0.1, 0.15) is 18.0 Å². The van der Waals surface area contributed by atoms with Crippen LogP contribution in [-0.2, 0) is 6.54 Å². The molecule has 0 amide bonds. The van der Waals surface area contributed by atoms with Crippen LogP contribution in [0.25, 0.3) is 22.2 Å². The van der Waals surface area contributed by atoms with Crippen molar-refractivity contribution in [2.45, 2.75) is 20.4 Å². The van der Waals surface area contributed by atoms with E-state index in [9.17, 15) is 4.79 Å². The number of nitrogens with zero attached hydrogens (tertiary/aromatic N) is 4. The first kappa shape index (κ1) is 28.6. The number of hydrogen-bond acceptors (Lipinski definition) is 6. The number of rotatable bonds is 11. The molecule has 0 saturated heterocycles. The maximum absolute atomic E-state index is 13.9. The Hall–Kier alpha value is -3.91. The lowest BCUT2D eigenvalue weighted by Crippen LogP contribution is -2.27. The Labute approximate surface area is 249 Å². The molecule has 3 aromatic carbocycles. The highest BCUT2D eigenvalue weighted by Crippen LogP contribution is 2.34. The van der Waals surface area contributed by atoms with E-state index in [0.29, 0.717) is 51.3 Å². The molecule has 41 heavy (non-hydrogen) atoms. The van der Waals surface area contributed by atoms with Crippen molar-refractivity contribution in [2.24, 2.45) is 0 Å². The summed E-state index contributed by atoms with van der Waals surface area (Å²) in [6.45, 7) is 8.13. The molecule has 7 nitrogen and oxygen atoms in total. The predicted octanol–water partition coefficient (Wildman–Crippen LogP) is 7.28. The third-order valence-corrected chi connectivity index (χ3v) is 7.55. The van der Waals surface area contributed by atoms with E-state index in [2.05, 4.69) is 29.0 Å². The van der Waals surface area contributed by atoms with E-state index in [4.69, 9.17) is 32.9 Å². The third-order valence-electron chi connectivity index (χ3n) is 6.92. The van der Waals surface area contributed by atoms with Crippen LogP contribution in [0.1, 0.15) is 19.4 Å². The van der Waals surface area contributed by atoms with E-state index in [-0.39, 0.29) is 5.56 Å². The average molecular weight is 589 g/mol. The molecule has 2 heterocycles. The zero-order valence-corrected chi connectivity index (χ0v) is 24.5. The predicted molar refractivity (Wildman–Crippen MR) is 168 cm³/mol. The fraction of sp³-hybridized carbons (Fsp3) is 0.219. The number of benzene rings is 3. The van der Waals surface area contributed by atoms with Crippen molar-refractivity contribution in [2.75, 3.05) is 31.6 Å². The van der Waals surface area contributed by atoms with Gasteiger partial charge in [-0.05, 0) is 61.1 Å². The van der Waals surface area contributed by atoms with Crippen molar-refractivity contribution < 1.29 is 4.74 Å². The molecule has 0 saturated carbocycles. The normalized spacial score (nSPS) is 11.2. The van der Waals surface area contributed by atoms with E-state index < -0.39 is 0 Å². The van der Waals surface area contributed by atoms with Crippen LogP contribution in [-0.4, -0.2) is 45.7 Å². The second kappa shape index (κ2) is 13.2. The topological polar surface area (TPSA) is 72.3 Å². The quantitative estimate of drug-likeness (QED) is 0.175. The highest BCUT2D eigenvalue weighted by atomic mass is 35.5. The van der Waals surface area contributed by atoms with Crippen LogP contribution in [0, 0.1) is 0 Å². The summed E-state index contributed by atoms with van der Waals surface area (Å²) in [6, 6.07) is 24.4. The molecule has 0 bridgehead atoms. The van der Waals surface area contributed by atoms with E-state index in [1.54, 1.807) is 35.0 Å². The molecule has 1 N–H and O–H groups in total. The largest absolute Gasteiger partial charge is 0.492 e. The number of likely N-dealkylation sites (N-methyl/N-ethyl adjacent to an activating group) is 1. The van der Waals surface area contributed by atoms with Crippen molar-refractivity contribution >= 4 is 45.9 Å². The minimum Gasteiger partial charge on any atom is -0.492 e. The summed E-state index contributed by atoms with van der Waals surface area (Å²) in [6.07, 6.45) is 1.70. The molecule has 2 aromatic heterocycles. The number of hydrogen-bond donors (Lipinski definition) is 1. The fourth-order valence-electron chi connectivity index (χ4n) is 4.66. The van der Waals surface area contributed by atoms with Crippen molar-refractivity contribution in [3.05, 3.63) is 111 Å². The Balaban J connectivity index is 1.46. The van der Waals surface area contributed by atoms with Crippen LogP contribution in [0.5, 0.6) is 5.75 Å². The van der Waals surface area contributed by atoms with Gasteiger partial charge in [-0.15, -0.1) is 0 Å². The molecule has 0 aliphatic rings. The van der Waals surface area contributed by atoms with Gasteiger partial charge < -0.3 is 15.0 Å². The lowest BCUT2D eigenvalue weighted by molar-refractivity contribution is 0.223. The SMILES string of the molecule is CCN(CC)CCOc1ccc(Nc2ncc3cc(-c4c(Cl)cccc4Cl)c(=O)n(Cc4ccccc4)c3n2)cc1. The molecule has 0 unspecified atom stereocenters. The van der Waals surface area contributed by atoms with Gasteiger partial charge in [0, 0.05) is 29.4 Å². The minimum absolute atomic E-state index is 0.243. The first-order valence-corrected chi connectivity index (χ1v) is 14.3. The van der Waals surface area contributed by atoms with E-state index >= 15 is 0 Å². The van der Waals surface area contributed by atoms with Crippen LogP contribution in [0.4, 0.5) is 11.6 Å². The molecule has 0 radical (unpaired) electrons. The van der Waals surface area contributed by atoms with Crippen molar-refractivity contribution in [3.63, 3.8) is 0 Å². The van der Waals surface area contributed by atoms with Gasteiger partial charge >= 0.3 is 0 Å². The second-order valence-electron chi connectivity index (χ2n) is 9.53. The number of pyridine rings is 1. The molecular weight excluding hydrogens is 557 g/mol. The Bertz CT molecular complexity index is 1670. The number of aromatic nitrogens is 3. The summed E-state index contributed by atoms with van der Waals surface area (Å²) in [5.74, 6) is 1.17.